The lowest BCUT2D eigenvalue weighted by molar-refractivity contribution is 0.0698. The van der Waals surface area contributed by atoms with E-state index < -0.39 is 5.97 Å². The molecule has 3 N–H and O–H groups in total. The molecule has 0 radical (unpaired) electrons. The van der Waals surface area contributed by atoms with Crippen LogP contribution in [0.5, 0.6) is 0 Å². The van der Waals surface area contributed by atoms with E-state index in [2.05, 4.69) is 25.7 Å². The van der Waals surface area contributed by atoms with Gasteiger partial charge in [0.2, 0.25) is 0 Å². The summed E-state index contributed by atoms with van der Waals surface area (Å²) in [5.41, 5.74) is 6.92. The van der Waals surface area contributed by atoms with Crippen molar-refractivity contribution in [3.8, 4) is 0 Å². The fraction of sp³-hybridized carbons (Fsp3) is 0.462. The molecule has 4 nitrogen and oxygen atoms in total. The van der Waals surface area contributed by atoms with E-state index in [-0.39, 0.29) is 11.1 Å². The molecule has 0 aliphatic carbocycles. The minimum atomic E-state index is -0.993. The number of nitrogens with zero attached hydrogens (tertiary/aromatic N) is 1. The lowest BCUT2D eigenvalue weighted by Gasteiger charge is -2.37. The highest BCUT2D eigenvalue weighted by Crippen LogP contribution is 2.27. The number of aromatic carboxylic acids is 1. The SMILES string of the molecule is CCC(C)(C)N(C)c1ccc(N)c(C(=O)O)c1. The van der Waals surface area contributed by atoms with Crippen molar-refractivity contribution < 1.29 is 9.90 Å². The Morgan fingerprint density at radius 2 is 2.06 bits per heavy atom. The zero-order valence-electron chi connectivity index (χ0n) is 10.8. The summed E-state index contributed by atoms with van der Waals surface area (Å²) >= 11 is 0. The number of anilines is 2. The molecule has 0 aromatic heterocycles. The highest BCUT2D eigenvalue weighted by Gasteiger charge is 2.22. The van der Waals surface area contributed by atoms with Gasteiger partial charge in [-0.05, 0) is 38.5 Å². The molecule has 0 aliphatic rings. The van der Waals surface area contributed by atoms with Crippen LogP contribution in [-0.2, 0) is 0 Å². The maximum Gasteiger partial charge on any atom is 0.337 e. The summed E-state index contributed by atoms with van der Waals surface area (Å²) in [5, 5.41) is 9.03. The molecular weight excluding hydrogens is 216 g/mol. The summed E-state index contributed by atoms with van der Waals surface area (Å²) in [6, 6.07) is 5.11. The van der Waals surface area contributed by atoms with E-state index in [0.29, 0.717) is 5.69 Å². The second-order valence-electron chi connectivity index (χ2n) is 4.80. The number of rotatable bonds is 4. The largest absolute Gasteiger partial charge is 0.478 e. The number of nitrogens with two attached hydrogens (primary N) is 1. The molecule has 0 bridgehead atoms. The number of carboxylic acids is 1. The van der Waals surface area contributed by atoms with Crippen LogP contribution < -0.4 is 10.6 Å². The Morgan fingerprint density at radius 3 is 2.53 bits per heavy atom. The standard InChI is InChI=1S/C13H20N2O2/c1-5-13(2,3)15(4)9-6-7-11(14)10(8-9)12(16)17/h6-8H,5,14H2,1-4H3,(H,16,17). The average Bonchev–Trinajstić information content (AvgIpc) is 2.28. The first kappa shape index (κ1) is 13.4. The van der Waals surface area contributed by atoms with Gasteiger partial charge < -0.3 is 15.7 Å². The molecule has 0 saturated carbocycles. The van der Waals surface area contributed by atoms with Crippen LogP contribution in [0.3, 0.4) is 0 Å². The van der Waals surface area contributed by atoms with Crippen molar-refractivity contribution >= 4 is 17.3 Å². The smallest absolute Gasteiger partial charge is 0.337 e. The molecule has 1 aromatic carbocycles. The second kappa shape index (κ2) is 4.65. The molecule has 0 amide bonds. The number of benzene rings is 1. The van der Waals surface area contributed by atoms with Gasteiger partial charge in [-0.1, -0.05) is 6.92 Å². The van der Waals surface area contributed by atoms with E-state index in [1.165, 1.54) is 0 Å². The third-order valence-electron chi connectivity index (χ3n) is 3.43. The molecule has 1 aromatic rings. The van der Waals surface area contributed by atoms with Crippen LogP contribution in [0.15, 0.2) is 18.2 Å². The summed E-state index contributed by atoms with van der Waals surface area (Å²) < 4.78 is 0. The molecular formula is C13H20N2O2. The summed E-state index contributed by atoms with van der Waals surface area (Å²) in [6.45, 7) is 6.33. The Hall–Kier alpha value is -1.71. The molecule has 0 aliphatic heterocycles. The van der Waals surface area contributed by atoms with Crippen molar-refractivity contribution in [1.82, 2.24) is 0 Å². The monoisotopic (exact) mass is 236 g/mol. The maximum atomic E-state index is 11.0. The van der Waals surface area contributed by atoms with Gasteiger partial charge in [0.05, 0.1) is 5.56 Å². The zero-order valence-corrected chi connectivity index (χ0v) is 10.8. The molecule has 4 heteroatoms. The molecule has 0 spiro atoms. The lowest BCUT2D eigenvalue weighted by atomic mass is 9.98. The third kappa shape index (κ3) is 2.70. The predicted octanol–water partition coefficient (Wildman–Crippen LogP) is 2.59. The van der Waals surface area contributed by atoms with Crippen LogP contribution in [0.4, 0.5) is 11.4 Å². The number of nitrogen functional groups attached to an aromatic ring is 1. The minimum absolute atomic E-state index is 0.0219. The molecule has 0 saturated heterocycles. The zero-order chi connectivity index (χ0) is 13.2. The fourth-order valence-electron chi connectivity index (χ4n) is 1.52. The molecule has 0 unspecified atom stereocenters. The maximum absolute atomic E-state index is 11.0. The first-order valence-corrected chi connectivity index (χ1v) is 5.66. The van der Waals surface area contributed by atoms with Crippen molar-refractivity contribution in [3.63, 3.8) is 0 Å². The van der Waals surface area contributed by atoms with Crippen molar-refractivity contribution in [3.05, 3.63) is 23.8 Å². The van der Waals surface area contributed by atoms with Crippen molar-refractivity contribution in [1.29, 1.82) is 0 Å². The van der Waals surface area contributed by atoms with E-state index in [0.717, 1.165) is 12.1 Å². The summed E-state index contributed by atoms with van der Waals surface area (Å²) in [4.78, 5) is 13.1. The molecule has 17 heavy (non-hydrogen) atoms. The van der Waals surface area contributed by atoms with Gasteiger partial charge in [0.1, 0.15) is 0 Å². The first-order chi connectivity index (χ1) is 7.79. The predicted molar refractivity (Wildman–Crippen MR) is 70.6 cm³/mol. The Balaban J connectivity index is 3.16. The molecule has 94 valence electrons. The summed E-state index contributed by atoms with van der Waals surface area (Å²) in [7, 11) is 1.96. The first-order valence-electron chi connectivity index (χ1n) is 5.66. The van der Waals surface area contributed by atoms with Gasteiger partial charge in [-0.3, -0.25) is 0 Å². The molecule has 0 heterocycles. The number of carboxylic acid groups (broad SMARTS) is 1. The summed E-state index contributed by atoms with van der Waals surface area (Å²) in [6.07, 6.45) is 0.969. The second-order valence-corrected chi connectivity index (χ2v) is 4.80. The van der Waals surface area contributed by atoms with Crippen LogP contribution >= 0.6 is 0 Å². The third-order valence-corrected chi connectivity index (χ3v) is 3.43. The normalized spacial score (nSPS) is 11.3. The van der Waals surface area contributed by atoms with Gasteiger partial charge in [0.25, 0.3) is 0 Å². The van der Waals surface area contributed by atoms with Crippen LogP contribution in [0.25, 0.3) is 0 Å². The number of carbonyl (C=O) groups is 1. The molecule has 1 rings (SSSR count). The minimum Gasteiger partial charge on any atom is -0.478 e. The van der Waals surface area contributed by atoms with E-state index in [9.17, 15) is 4.79 Å². The highest BCUT2D eigenvalue weighted by atomic mass is 16.4. The quantitative estimate of drug-likeness (QED) is 0.788. The number of hydrogen-bond donors (Lipinski definition) is 2. The van der Waals surface area contributed by atoms with Crippen LogP contribution in [0, 0.1) is 0 Å². The van der Waals surface area contributed by atoms with E-state index in [1.807, 2.05) is 13.1 Å². The Kier molecular flexibility index (Phi) is 3.66. The Labute approximate surface area is 102 Å². The van der Waals surface area contributed by atoms with E-state index in [1.54, 1.807) is 12.1 Å². The van der Waals surface area contributed by atoms with Crippen LogP contribution in [0.1, 0.15) is 37.6 Å². The summed E-state index contributed by atoms with van der Waals surface area (Å²) in [5.74, 6) is -0.993. The number of hydrogen-bond acceptors (Lipinski definition) is 3. The van der Waals surface area contributed by atoms with Gasteiger partial charge >= 0.3 is 5.97 Å². The fourth-order valence-corrected chi connectivity index (χ4v) is 1.52. The van der Waals surface area contributed by atoms with Crippen molar-refractivity contribution in [2.75, 3.05) is 17.7 Å². The van der Waals surface area contributed by atoms with Crippen molar-refractivity contribution in [2.45, 2.75) is 32.7 Å². The van der Waals surface area contributed by atoms with E-state index >= 15 is 0 Å². The average molecular weight is 236 g/mol. The van der Waals surface area contributed by atoms with Gasteiger partial charge in [0.15, 0.2) is 0 Å². The Morgan fingerprint density at radius 1 is 1.47 bits per heavy atom. The molecule has 0 fully saturated rings. The Bertz CT molecular complexity index is 427. The van der Waals surface area contributed by atoms with Gasteiger partial charge in [-0.2, -0.15) is 0 Å². The topological polar surface area (TPSA) is 66.6 Å². The van der Waals surface area contributed by atoms with Crippen LogP contribution in [0.2, 0.25) is 0 Å². The van der Waals surface area contributed by atoms with Gasteiger partial charge in [-0.15, -0.1) is 0 Å². The van der Waals surface area contributed by atoms with Gasteiger partial charge in [-0.25, -0.2) is 4.79 Å². The van der Waals surface area contributed by atoms with Gasteiger partial charge in [0, 0.05) is 24.0 Å². The van der Waals surface area contributed by atoms with E-state index in [4.69, 9.17) is 10.8 Å². The van der Waals surface area contributed by atoms with Crippen molar-refractivity contribution in [2.24, 2.45) is 0 Å². The molecule has 0 atom stereocenters. The van der Waals surface area contributed by atoms with Crippen LogP contribution in [-0.4, -0.2) is 23.7 Å². The highest BCUT2D eigenvalue weighted by molar-refractivity contribution is 5.94. The lowest BCUT2D eigenvalue weighted by Crippen LogP contribution is -2.40.